The molecule has 30 heavy (non-hydrogen) atoms. The number of carboxylic acids is 1. The fourth-order valence-corrected chi connectivity index (χ4v) is 3.81. The van der Waals surface area contributed by atoms with E-state index in [-0.39, 0.29) is 18.1 Å². The molecule has 0 aliphatic carbocycles. The summed E-state index contributed by atoms with van der Waals surface area (Å²) in [5.41, 5.74) is 0.414. The van der Waals surface area contributed by atoms with Gasteiger partial charge in [-0.05, 0) is 48.4 Å². The Bertz CT molecular complexity index is 869. The molecule has 5 nitrogen and oxygen atoms in total. The molecule has 0 saturated heterocycles. The van der Waals surface area contributed by atoms with Gasteiger partial charge in [0.05, 0.1) is 5.41 Å². The molecule has 6 heteroatoms. The minimum Gasteiger partial charge on any atom is -0.481 e. The molecule has 2 aromatic carbocycles. The first-order valence-corrected chi connectivity index (χ1v) is 10.7. The van der Waals surface area contributed by atoms with Crippen LogP contribution in [0.15, 0.2) is 59.1 Å². The molecule has 0 aliphatic rings. The number of hydrogen-bond acceptors (Lipinski definition) is 3. The SMILES string of the molecule is CN(CC(C)(C)CCC(C)(C(=O)O)c1cccc(Br)c1)C(=O)OCc1ccccc1. The van der Waals surface area contributed by atoms with Crippen molar-refractivity contribution < 1.29 is 19.4 Å². The van der Waals surface area contributed by atoms with Crippen LogP contribution in [0.25, 0.3) is 0 Å². The number of benzene rings is 2. The number of halogens is 1. The molecule has 2 rings (SSSR count). The maximum absolute atomic E-state index is 12.4. The predicted octanol–water partition coefficient (Wildman–Crippen LogP) is 5.87. The van der Waals surface area contributed by atoms with Gasteiger partial charge in [-0.2, -0.15) is 0 Å². The van der Waals surface area contributed by atoms with Gasteiger partial charge in [-0.15, -0.1) is 0 Å². The zero-order chi connectivity index (χ0) is 22.4. The van der Waals surface area contributed by atoms with Crippen molar-refractivity contribution in [1.82, 2.24) is 4.90 Å². The minimum atomic E-state index is -1.01. The summed E-state index contributed by atoms with van der Waals surface area (Å²) in [7, 11) is 1.71. The second-order valence-electron chi connectivity index (χ2n) is 8.71. The van der Waals surface area contributed by atoms with E-state index in [0.717, 1.165) is 15.6 Å². The largest absolute Gasteiger partial charge is 0.481 e. The average Bonchev–Trinajstić information content (AvgIpc) is 2.70. The van der Waals surface area contributed by atoms with Crippen LogP contribution < -0.4 is 0 Å². The molecule has 162 valence electrons. The molecule has 2 aromatic rings. The van der Waals surface area contributed by atoms with E-state index in [1.54, 1.807) is 18.9 Å². The highest BCUT2D eigenvalue weighted by molar-refractivity contribution is 9.10. The Balaban J connectivity index is 1.97. The van der Waals surface area contributed by atoms with Crippen LogP contribution >= 0.6 is 15.9 Å². The Labute approximate surface area is 187 Å². The molecule has 1 N–H and O–H groups in total. The van der Waals surface area contributed by atoms with Crippen molar-refractivity contribution in [2.45, 2.75) is 45.6 Å². The maximum atomic E-state index is 12.4. The fraction of sp³-hybridized carbons (Fsp3) is 0.417. The summed E-state index contributed by atoms with van der Waals surface area (Å²) in [5.74, 6) is -0.855. The molecule has 0 radical (unpaired) electrons. The Morgan fingerprint density at radius 2 is 1.70 bits per heavy atom. The Hall–Kier alpha value is -2.34. The summed E-state index contributed by atoms with van der Waals surface area (Å²) < 4.78 is 6.24. The van der Waals surface area contributed by atoms with Crippen molar-refractivity contribution in [2.75, 3.05) is 13.6 Å². The Morgan fingerprint density at radius 3 is 2.30 bits per heavy atom. The van der Waals surface area contributed by atoms with Gasteiger partial charge in [0, 0.05) is 18.1 Å². The smallest absolute Gasteiger partial charge is 0.409 e. The molecule has 0 bridgehead atoms. The van der Waals surface area contributed by atoms with Crippen LogP contribution in [0.1, 0.15) is 44.7 Å². The van der Waals surface area contributed by atoms with Crippen LogP contribution in [0.2, 0.25) is 0 Å². The molecule has 0 aromatic heterocycles. The van der Waals surface area contributed by atoms with Gasteiger partial charge in [0.15, 0.2) is 0 Å². The molecular formula is C24H30BrNO4. The van der Waals surface area contributed by atoms with Gasteiger partial charge in [0.1, 0.15) is 6.61 Å². The van der Waals surface area contributed by atoms with E-state index in [2.05, 4.69) is 15.9 Å². The Kier molecular flexibility index (Phi) is 8.07. The van der Waals surface area contributed by atoms with E-state index in [9.17, 15) is 14.7 Å². The topological polar surface area (TPSA) is 66.8 Å². The third-order valence-corrected chi connectivity index (χ3v) is 5.91. The highest BCUT2D eigenvalue weighted by Crippen LogP contribution is 2.36. The molecule has 1 amide bonds. The van der Waals surface area contributed by atoms with Crippen LogP contribution in [0.4, 0.5) is 4.79 Å². The zero-order valence-corrected chi connectivity index (χ0v) is 19.6. The molecule has 0 saturated carbocycles. The standard InChI is InChI=1S/C24H30BrNO4/c1-23(2,17-26(4)22(29)30-16-18-9-6-5-7-10-18)13-14-24(3,21(27)28)19-11-8-12-20(25)15-19/h5-12,15H,13-14,16-17H2,1-4H3,(H,27,28). The second kappa shape index (κ2) is 10.1. The fourth-order valence-electron chi connectivity index (χ4n) is 3.41. The summed E-state index contributed by atoms with van der Waals surface area (Å²) in [6.07, 6.45) is 0.706. The van der Waals surface area contributed by atoms with Crippen molar-refractivity contribution in [3.05, 3.63) is 70.2 Å². The number of nitrogens with zero attached hydrogens (tertiary/aromatic N) is 1. The predicted molar refractivity (Wildman–Crippen MR) is 121 cm³/mol. The lowest BCUT2D eigenvalue weighted by Crippen LogP contribution is -2.39. The van der Waals surface area contributed by atoms with Crippen LogP contribution in [0.3, 0.4) is 0 Å². The van der Waals surface area contributed by atoms with Crippen molar-refractivity contribution >= 4 is 28.0 Å². The summed E-state index contributed by atoms with van der Waals surface area (Å²) in [5, 5.41) is 9.92. The van der Waals surface area contributed by atoms with Crippen molar-refractivity contribution in [2.24, 2.45) is 5.41 Å². The number of aliphatic carboxylic acids is 1. The van der Waals surface area contributed by atoms with E-state index in [1.807, 2.05) is 68.4 Å². The van der Waals surface area contributed by atoms with Gasteiger partial charge in [-0.3, -0.25) is 4.79 Å². The zero-order valence-electron chi connectivity index (χ0n) is 18.0. The third-order valence-electron chi connectivity index (χ3n) is 5.42. The van der Waals surface area contributed by atoms with Gasteiger partial charge in [0.25, 0.3) is 0 Å². The number of rotatable bonds is 9. The minimum absolute atomic E-state index is 0.227. The molecule has 1 unspecified atom stereocenters. The summed E-state index contributed by atoms with van der Waals surface area (Å²) in [6.45, 7) is 6.53. The van der Waals surface area contributed by atoms with Gasteiger partial charge in [-0.1, -0.05) is 72.2 Å². The van der Waals surface area contributed by atoms with Crippen molar-refractivity contribution in [3.63, 3.8) is 0 Å². The lowest BCUT2D eigenvalue weighted by atomic mass is 9.74. The third kappa shape index (κ3) is 6.59. The van der Waals surface area contributed by atoms with Crippen molar-refractivity contribution in [1.29, 1.82) is 0 Å². The molecular weight excluding hydrogens is 446 g/mol. The lowest BCUT2D eigenvalue weighted by Gasteiger charge is -2.34. The summed E-state index contributed by atoms with van der Waals surface area (Å²) in [6, 6.07) is 17.0. The molecule has 0 spiro atoms. The number of carbonyl (C=O) groups is 2. The first-order valence-electron chi connectivity index (χ1n) is 9.95. The number of amides is 1. The van der Waals surface area contributed by atoms with Crippen LogP contribution in [0, 0.1) is 5.41 Å². The number of carbonyl (C=O) groups excluding carboxylic acids is 1. The summed E-state index contributed by atoms with van der Waals surface area (Å²) in [4.78, 5) is 26.0. The first-order chi connectivity index (χ1) is 14.0. The highest BCUT2D eigenvalue weighted by Gasteiger charge is 2.37. The monoisotopic (exact) mass is 475 g/mol. The van der Waals surface area contributed by atoms with Gasteiger partial charge < -0.3 is 14.7 Å². The van der Waals surface area contributed by atoms with Gasteiger partial charge in [0.2, 0.25) is 0 Å². The van der Waals surface area contributed by atoms with E-state index in [1.165, 1.54) is 0 Å². The van der Waals surface area contributed by atoms with E-state index >= 15 is 0 Å². The van der Waals surface area contributed by atoms with Crippen LogP contribution in [-0.2, 0) is 21.6 Å². The number of ether oxygens (including phenoxy) is 1. The maximum Gasteiger partial charge on any atom is 0.409 e. The van der Waals surface area contributed by atoms with Crippen molar-refractivity contribution in [3.8, 4) is 0 Å². The van der Waals surface area contributed by atoms with Crippen LogP contribution in [-0.4, -0.2) is 35.7 Å². The summed E-state index contributed by atoms with van der Waals surface area (Å²) >= 11 is 3.42. The highest BCUT2D eigenvalue weighted by atomic mass is 79.9. The van der Waals surface area contributed by atoms with Crippen LogP contribution in [0.5, 0.6) is 0 Å². The van der Waals surface area contributed by atoms with Gasteiger partial charge in [-0.25, -0.2) is 4.79 Å². The normalized spacial score (nSPS) is 13.4. The van der Waals surface area contributed by atoms with E-state index in [0.29, 0.717) is 19.4 Å². The van der Waals surface area contributed by atoms with E-state index < -0.39 is 11.4 Å². The number of carboxylic acid groups (broad SMARTS) is 1. The Morgan fingerprint density at radius 1 is 1.03 bits per heavy atom. The number of hydrogen-bond donors (Lipinski definition) is 1. The van der Waals surface area contributed by atoms with Gasteiger partial charge >= 0.3 is 12.1 Å². The molecule has 0 heterocycles. The average molecular weight is 476 g/mol. The molecule has 1 atom stereocenters. The quantitative estimate of drug-likeness (QED) is 0.492. The first kappa shape index (κ1) is 23.9. The molecule has 0 fully saturated rings. The second-order valence-corrected chi connectivity index (χ2v) is 9.62. The molecule has 0 aliphatic heterocycles. The lowest BCUT2D eigenvalue weighted by molar-refractivity contribution is -0.143. The van der Waals surface area contributed by atoms with E-state index in [4.69, 9.17) is 4.74 Å².